The molecule has 144 valence electrons. The van der Waals surface area contributed by atoms with Crippen LogP contribution >= 0.6 is 0 Å². The molecule has 0 saturated heterocycles. The van der Waals surface area contributed by atoms with E-state index in [1.165, 1.54) is 32.1 Å². The van der Waals surface area contributed by atoms with Crippen molar-refractivity contribution in [3.8, 4) is 5.75 Å². The summed E-state index contributed by atoms with van der Waals surface area (Å²) in [5.41, 5.74) is 5.18. The highest BCUT2D eigenvalue weighted by Crippen LogP contribution is 2.28. The van der Waals surface area contributed by atoms with Crippen LogP contribution in [0.15, 0.2) is 24.3 Å². The molecule has 1 amide bonds. The van der Waals surface area contributed by atoms with Crippen molar-refractivity contribution >= 4 is 11.6 Å². The van der Waals surface area contributed by atoms with Crippen molar-refractivity contribution in [2.45, 2.75) is 59.8 Å². The molecule has 1 aliphatic rings. The third kappa shape index (κ3) is 4.68. The van der Waals surface area contributed by atoms with Crippen LogP contribution in [-0.2, 0) is 0 Å². The van der Waals surface area contributed by atoms with Crippen molar-refractivity contribution in [1.82, 2.24) is 4.98 Å². The molecule has 4 heteroatoms. The summed E-state index contributed by atoms with van der Waals surface area (Å²) < 4.78 is 6.15. The number of aromatic nitrogens is 1. The number of carbonyl (C=O) groups excluding carboxylic acids is 1. The van der Waals surface area contributed by atoms with E-state index in [0.29, 0.717) is 29.5 Å². The van der Waals surface area contributed by atoms with E-state index in [1.54, 1.807) is 0 Å². The summed E-state index contributed by atoms with van der Waals surface area (Å²) >= 11 is 0. The van der Waals surface area contributed by atoms with Crippen molar-refractivity contribution in [3.05, 3.63) is 52.3 Å². The molecule has 4 nitrogen and oxygen atoms in total. The Bertz CT molecular complexity index is 823. The molecule has 1 heterocycles. The van der Waals surface area contributed by atoms with Gasteiger partial charge in [0.15, 0.2) is 0 Å². The van der Waals surface area contributed by atoms with Gasteiger partial charge in [-0.2, -0.15) is 0 Å². The van der Waals surface area contributed by atoms with E-state index in [-0.39, 0.29) is 5.91 Å². The number of hydrogen-bond acceptors (Lipinski definition) is 3. The quantitative estimate of drug-likeness (QED) is 0.757. The molecule has 1 aliphatic carbocycles. The van der Waals surface area contributed by atoms with Crippen molar-refractivity contribution in [3.63, 3.8) is 0 Å². The number of ether oxygens (including phenoxy) is 1. The van der Waals surface area contributed by atoms with Crippen LogP contribution in [0.2, 0.25) is 0 Å². The van der Waals surface area contributed by atoms with Gasteiger partial charge in [0.2, 0.25) is 0 Å². The van der Waals surface area contributed by atoms with Gasteiger partial charge in [0.1, 0.15) is 11.3 Å². The molecule has 1 fully saturated rings. The molecule has 0 unspecified atom stereocenters. The van der Waals surface area contributed by atoms with Gasteiger partial charge in [-0.05, 0) is 63.6 Å². The molecule has 1 N–H and O–H groups in total. The Morgan fingerprint density at radius 3 is 2.63 bits per heavy atom. The predicted molar refractivity (Wildman–Crippen MR) is 110 cm³/mol. The van der Waals surface area contributed by atoms with Crippen LogP contribution in [0.1, 0.15) is 65.0 Å². The molecule has 27 heavy (non-hydrogen) atoms. The highest BCUT2D eigenvalue weighted by Gasteiger charge is 2.21. The number of anilines is 1. The number of amides is 1. The van der Waals surface area contributed by atoms with Gasteiger partial charge in [0.05, 0.1) is 12.3 Å². The largest absolute Gasteiger partial charge is 0.492 e. The zero-order valence-electron chi connectivity index (χ0n) is 16.9. The molecule has 0 bridgehead atoms. The summed E-state index contributed by atoms with van der Waals surface area (Å²) in [5, 5.41) is 3.05. The molecule has 1 aromatic carbocycles. The maximum atomic E-state index is 13.1. The van der Waals surface area contributed by atoms with E-state index >= 15 is 0 Å². The van der Waals surface area contributed by atoms with Gasteiger partial charge in [0, 0.05) is 17.4 Å². The third-order valence-corrected chi connectivity index (χ3v) is 5.57. The van der Waals surface area contributed by atoms with Crippen LogP contribution in [0.4, 0.5) is 5.69 Å². The Labute approximate surface area is 162 Å². The second-order valence-electron chi connectivity index (χ2n) is 7.74. The summed E-state index contributed by atoms with van der Waals surface area (Å²) in [6, 6.07) is 7.81. The van der Waals surface area contributed by atoms with Gasteiger partial charge in [0.25, 0.3) is 5.91 Å². The average Bonchev–Trinajstić information content (AvgIpc) is 2.64. The number of rotatable bonds is 5. The minimum absolute atomic E-state index is 0.160. The van der Waals surface area contributed by atoms with E-state index in [1.807, 2.05) is 52.0 Å². The van der Waals surface area contributed by atoms with Crippen molar-refractivity contribution in [2.75, 3.05) is 11.9 Å². The number of aryl methyl sites for hydroxylation is 3. The topological polar surface area (TPSA) is 51.2 Å². The Morgan fingerprint density at radius 2 is 1.89 bits per heavy atom. The van der Waals surface area contributed by atoms with Gasteiger partial charge in [-0.25, -0.2) is 0 Å². The molecule has 3 rings (SSSR count). The van der Waals surface area contributed by atoms with Crippen LogP contribution in [-0.4, -0.2) is 17.5 Å². The molecule has 0 spiro atoms. The SMILES string of the molecule is Cc1cc(OCC2CCCCC2)c(C(=O)Nc2cccc(C)c2C)c(C)n1. The standard InChI is InChI=1S/C23H30N2O2/c1-15-9-8-12-20(17(15)3)25-23(26)22-18(4)24-16(2)13-21(22)27-14-19-10-6-5-7-11-19/h8-9,12-13,19H,5-7,10-11,14H2,1-4H3,(H,25,26). The normalized spacial score (nSPS) is 14.8. The summed E-state index contributed by atoms with van der Waals surface area (Å²) in [4.78, 5) is 17.5. The first-order valence-corrected chi connectivity index (χ1v) is 9.94. The van der Waals surface area contributed by atoms with E-state index in [2.05, 4.69) is 10.3 Å². The first-order chi connectivity index (χ1) is 13.0. The number of carbonyl (C=O) groups is 1. The van der Waals surface area contributed by atoms with Gasteiger partial charge in [-0.3, -0.25) is 9.78 Å². The minimum Gasteiger partial charge on any atom is -0.492 e. The van der Waals surface area contributed by atoms with E-state index in [4.69, 9.17) is 4.74 Å². The fourth-order valence-corrected chi connectivity index (χ4v) is 3.82. The fraction of sp³-hybridized carbons (Fsp3) is 0.478. The minimum atomic E-state index is -0.160. The third-order valence-electron chi connectivity index (χ3n) is 5.57. The van der Waals surface area contributed by atoms with Crippen LogP contribution < -0.4 is 10.1 Å². The van der Waals surface area contributed by atoms with Crippen molar-refractivity contribution in [1.29, 1.82) is 0 Å². The first kappa shape index (κ1) is 19.4. The molecular formula is C23H30N2O2. The van der Waals surface area contributed by atoms with Gasteiger partial charge < -0.3 is 10.1 Å². The Balaban J connectivity index is 1.82. The number of benzene rings is 1. The highest BCUT2D eigenvalue weighted by molar-refractivity contribution is 6.07. The smallest absolute Gasteiger partial charge is 0.261 e. The Morgan fingerprint density at radius 1 is 1.15 bits per heavy atom. The highest BCUT2D eigenvalue weighted by atomic mass is 16.5. The first-order valence-electron chi connectivity index (χ1n) is 9.94. The van der Waals surface area contributed by atoms with Gasteiger partial charge in [-0.15, -0.1) is 0 Å². The fourth-order valence-electron chi connectivity index (χ4n) is 3.82. The summed E-state index contributed by atoms with van der Waals surface area (Å²) in [7, 11) is 0. The Hall–Kier alpha value is -2.36. The summed E-state index contributed by atoms with van der Waals surface area (Å²) in [6.45, 7) is 8.55. The summed E-state index contributed by atoms with van der Waals surface area (Å²) in [6.07, 6.45) is 6.32. The zero-order valence-corrected chi connectivity index (χ0v) is 16.9. The second kappa shape index (κ2) is 8.55. The van der Waals surface area contributed by atoms with Crippen molar-refractivity contribution < 1.29 is 9.53 Å². The number of pyridine rings is 1. The molecule has 1 aromatic heterocycles. The van der Waals surface area contributed by atoms with E-state index < -0.39 is 0 Å². The van der Waals surface area contributed by atoms with Crippen LogP contribution in [0.3, 0.4) is 0 Å². The average molecular weight is 367 g/mol. The van der Waals surface area contributed by atoms with Crippen molar-refractivity contribution in [2.24, 2.45) is 5.92 Å². The lowest BCUT2D eigenvalue weighted by atomic mass is 9.90. The number of nitrogens with one attached hydrogen (secondary N) is 1. The maximum Gasteiger partial charge on any atom is 0.261 e. The lowest BCUT2D eigenvalue weighted by Crippen LogP contribution is -2.20. The second-order valence-corrected chi connectivity index (χ2v) is 7.74. The zero-order chi connectivity index (χ0) is 19.4. The molecule has 0 aliphatic heterocycles. The number of nitrogens with zero attached hydrogens (tertiary/aromatic N) is 1. The van der Waals surface area contributed by atoms with Gasteiger partial charge in [-0.1, -0.05) is 31.4 Å². The molecular weight excluding hydrogens is 336 g/mol. The number of hydrogen-bond donors (Lipinski definition) is 1. The lowest BCUT2D eigenvalue weighted by Gasteiger charge is -2.23. The summed E-state index contributed by atoms with van der Waals surface area (Å²) in [5.74, 6) is 1.07. The predicted octanol–water partition coefficient (Wildman–Crippen LogP) is 5.53. The molecule has 2 aromatic rings. The van der Waals surface area contributed by atoms with Crippen LogP contribution in [0, 0.1) is 33.6 Å². The van der Waals surface area contributed by atoms with Crippen LogP contribution in [0.25, 0.3) is 0 Å². The monoisotopic (exact) mass is 366 g/mol. The van der Waals surface area contributed by atoms with E-state index in [0.717, 1.165) is 22.5 Å². The van der Waals surface area contributed by atoms with E-state index in [9.17, 15) is 4.79 Å². The molecule has 1 saturated carbocycles. The molecule has 0 atom stereocenters. The van der Waals surface area contributed by atoms with Gasteiger partial charge >= 0.3 is 0 Å². The van der Waals surface area contributed by atoms with Crippen LogP contribution in [0.5, 0.6) is 5.75 Å². The maximum absolute atomic E-state index is 13.1. The lowest BCUT2D eigenvalue weighted by molar-refractivity contribution is 0.102. The Kier molecular flexibility index (Phi) is 6.15. The molecule has 0 radical (unpaired) electrons.